The number of nitrogens with zero attached hydrogens (tertiary/aromatic N) is 5. The number of halogens is 4. The quantitative estimate of drug-likeness (QED) is 0.149. The van der Waals surface area contributed by atoms with E-state index in [4.69, 9.17) is 39.5 Å². The van der Waals surface area contributed by atoms with Crippen LogP contribution < -0.4 is 0 Å². The molecule has 0 bridgehead atoms. The molecule has 14 heteroatoms. The van der Waals surface area contributed by atoms with Crippen molar-refractivity contribution >= 4 is 69.7 Å². The van der Waals surface area contributed by atoms with Crippen LogP contribution in [0.5, 0.6) is 0 Å². The van der Waals surface area contributed by atoms with E-state index in [0.717, 1.165) is 17.3 Å². The van der Waals surface area contributed by atoms with Crippen LogP contribution in [0.4, 0.5) is 9.18 Å². The van der Waals surface area contributed by atoms with Crippen LogP contribution in [0, 0.1) is 5.82 Å². The summed E-state index contributed by atoms with van der Waals surface area (Å²) < 4.78 is 21.4. The Morgan fingerprint density at radius 2 is 1.65 bits per heavy atom. The van der Waals surface area contributed by atoms with E-state index in [1.54, 1.807) is 66.0 Å². The van der Waals surface area contributed by atoms with Crippen molar-refractivity contribution in [3.05, 3.63) is 128 Å². The molecule has 2 fully saturated rings. The number of benzene rings is 3. The third kappa shape index (κ3) is 8.72. The summed E-state index contributed by atoms with van der Waals surface area (Å²) in [6, 6.07) is 17.9. The maximum absolute atomic E-state index is 13.4. The standard InChI is InChI=1S/C35H31Cl3FN5O4S/c36-25-5-3-24(4-6-25)30(19-44-34(46)32(49-35(44)47)17-23-1-8-27(39)9-2-23)42-13-15-43(16-14-42)33(45)21-48-31(20-41-12-11-40-22-41)28-10-7-26(37)18-29(28)38/h1-12,17-18,22,30-31H,13-16,19-21H2/b32-17-. The summed E-state index contributed by atoms with van der Waals surface area (Å²) in [6.07, 6.45) is 6.22. The molecule has 2 aliphatic heterocycles. The molecule has 0 saturated carbocycles. The number of amides is 3. The Balaban J connectivity index is 1.12. The number of rotatable bonds is 11. The third-order valence-corrected chi connectivity index (χ3v) is 10.1. The molecule has 2 aliphatic rings. The molecule has 9 nitrogen and oxygen atoms in total. The van der Waals surface area contributed by atoms with Gasteiger partial charge in [-0.25, -0.2) is 9.37 Å². The largest absolute Gasteiger partial charge is 0.362 e. The van der Waals surface area contributed by atoms with E-state index >= 15 is 0 Å². The Morgan fingerprint density at radius 1 is 0.939 bits per heavy atom. The molecular weight excluding hydrogens is 712 g/mol. The topological polar surface area (TPSA) is 88.0 Å². The van der Waals surface area contributed by atoms with Crippen molar-refractivity contribution in [3.8, 4) is 0 Å². The van der Waals surface area contributed by atoms with Crippen molar-refractivity contribution in [2.75, 3.05) is 39.3 Å². The minimum absolute atomic E-state index is 0.113. The molecule has 6 rings (SSSR count). The maximum atomic E-state index is 13.4. The Bertz CT molecular complexity index is 1830. The number of thioether (sulfide) groups is 1. The van der Waals surface area contributed by atoms with Crippen molar-refractivity contribution in [2.45, 2.75) is 18.7 Å². The molecular formula is C35H31Cl3FN5O4S. The molecule has 2 saturated heterocycles. The fraction of sp³-hybridized carbons (Fsp3) is 0.257. The van der Waals surface area contributed by atoms with Crippen molar-refractivity contribution in [3.63, 3.8) is 0 Å². The van der Waals surface area contributed by atoms with E-state index < -0.39 is 12.0 Å². The molecule has 49 heavy (non-hydrogen) atoms. The monoisotopic (exact) mass is 741 g/mol. The third-order valence-electron chi connectivity index (χ3n) is 8.41. The van der Waals surface area contributed by atoms with Crippen LogP contribution in [0.2, 0.25) is 15.1 Å². The lowest BCUT2D eigenvalue weighted by Crippen LogP contribution is -2.52. The second kappa shape index (κ2) is 15.9. The molecule has 4 aromatic rings. The van der Waals surface area contributed by atoms with Gasteiger partial charge in [-0.15, -0.1) is 0 Å². The van der Waals surface area contributed by atoms with Gasteiger partial charge in [-0.2, -0.15) is 0 Å². The molecule has 0 aliphatic carbocycles. The predicted molar refractivity (Wildman–Crippen MR) is 189 cm³/mol. The normalized spacial score (nSPS) is 17.6. The van der Waals surface area contributed by atoms with Crippen molar-refractivity contribution in [1.29, 1.82) is 0 Å². The van der Waals surface area contributed by atoms with Gasteiger partial charge in [-0.3, -0.25) is 24.2 Å². The Kier molecular flexibility index (Phi) is 11.4. The summed E-state index contributed by atoms with van der Waals surface area (Å²) in [5.74, 6) is -0.960. The average molecular weight is 743 g/mol. The van der Waals surface area contributed by atoms with Crippen LogP contribution >= 0.6 is 46.6 Å². The number of hydrogen-bond donors (Lipinski definition) is 0. The number of imidazole rings is 1. The summed E-state index contributed by atoms with van der Waals surface area (Å²) in [6.45, 7) is 2.21. The molecule has 3 amide bonds. The fourth-order valence-corrected chi connectivity index (χ4v) is 7.30. The highest BCUT2D eigenvalue weighted by molar-refractivity contribution is 8.18. The SMILES string of the molecule is O=C(COC(Cn1ccnc1)c1ccc(Cl)cc1Cl)N1CCN(C(CN2C(=O)S/C(=C\c3ccc(F)cc3)C2=O)c2ccc(Cl)cc2)CC1. The summed E-state index contributed by atoms with van der Waals surface area (Å²) >= 11 is 19.7. The number of aromatic nitrogens is 2. The van der Waals surface area contributed by atoms with Gasteiger partial charge in [0.25, 0.3) is 11.1 Å². The van der Waals surface area contributed by atoms with E-state index in [1.165, 1.54) is 17.0 Å². The number of ether oxygens (including phenoxy) is 1. The highest BCUT2D eigenvalue weighted by atomic mass is 35.5. The van der Waals surface area contributed by atoms with E-state index in [-0.39, 0.29) is 41.1 Å². The average Bonchev–Trinajstić information content (AvgIpc) is 3.70. The zero-order valence-electron chi connectivity index (χ0n) is 26.1. The molecule has 0 radical (unpaired) electrons. The highest BCUT2D eigenvalue weighted by Crippen LogP contribution is 2.35. The first-order valence-corrected chi connectivity index (χ1v) is 17.4. The summed E-state index contributed by atoms with van der Waals surface area (Å²) in [4.78, 5) is 49.4. The first-order chi connectivity index (χ1) is 23.6. The van der Waals surface area contributed by atoms with E-state index in [2.05, 4.69) is 9.88 Å². The molecule has 1 aromatic heterocycles. The second-order valence-electron chi connectivity index (χ2n) is 11.6. The van der Waals surface area contributed by atoms with E-state index in [9.17, 15) is 18.8 Å². The van der Waals surface area contributed by atoms with Gasteiger partial charge in [-0.1, -0.05) is 65.1 Å². The van der Waals surface area contributed by atoms with Gasteiger partial charge in [0, 0.05) is 65.7 Å². The minimum Gasteiger partial charge on any atom is -0.362 e. The Hall–Kier alpha value is -3.71. The van der Waals surface area contributed by atoms with Crippen molar-refractivity contribution in [2.24, 2.45) is 0 Å². The smallest absolute Gasteiger partial charge is 0.293 e. The van der Waals surface area contributed by atoms with Crippen LogP contribution in [0.15, 0.2) is 90.4 Å². The zero-order chi connectivity index (χ0) is 34.5. The van der Waals surface area contributed by atoms with Crippen LogP contribution in [-0.4, -0.2) is 80.6 Å². The number of hydrogen-bond acceptors (Lipinski definition) is 7. The van der Waals surface area contributed by atoms with Crippen LogP contribution in [0.25, 0.3) is 6.08 Å². The molecule has 3 aromatic carbocycles. The predicted octanol–water partition coefficient (Wildman–Crippen LogP) is 7.36. The van der Waals surface area contributed by atoms with Gasteiger partial charge in [0.2, 0.25) is 5.91 Å². The van der Waals surface area contributed by atoms with Crippen molar-refractivity contribution < 1.29 is 23.5 Å². The number of imide groups is 1. The number of carbonyl (C=O) groups is 3. The van der Waals surface area contributed by atoms with Crippen LogP contribution in [0.1, 0.15) is 28.8 Å². The first-order valence-electron chi connectivity index (χ1n) is 15.4. The highest BCUT2D eigenvalue weighted by Gasteiger charge is 2.39. The second-order valence-corrected chi connectivity index (χ2v) is 13.8. The van der Waals surface area contributed by atoms with Crippen LogP contribution in [0.3, 0.4) is 0 Å². The maximum Gasteiger partial charge on any atom is 0.293 e. The number of carbonyl (C=O) groups excluding carboxylic acids is 3. The number of piperazine rings is 1. The Morgan fingerprint density at radius 3 is 2.33 bits per heavy atom. The van der Waals surface area contributed by atoms with Crippen molar-refractivity contribution in [1.82, 2.24) is 24.3 Å². The summed E-state index contributed by atoms with van der Waals surface area (Å²) in [5, 5.41) is 1.13. The molecule has 2 unspecified atom stereocenters. The Labute approximate surface area is 302 Å². The lowest BCUT2D eigenvalue weighted by atomic mass is 10.0. The van der Waals surface area contributed by atoms with Gasteiger partial charge in [0.15, 0.2) is 0 Å². The summed E-state index contributed by atoms with van der Waals surface area (Å²) in [5.41, 5.74) is 2.22. The van der Waals surface area contributed by atoms with Gasteiger partial charge >= 0.3 is 0 Å². The fourth-order valence-electron chi connectivity index (χ4n) is 5.79. The summed E-state index contributed by atoms with van der Waals surface area (Å²) in [7, 11) is 0. The molecule has 0 N–H and O–H groups in total. The van der Waals surface area contributed by atoms with Gasteiger partial charge in [-0.05, 0) is 65.4 Å². The zero-order valence-corrected chi connectivity index (χ0v) is 29.1. The lowest BCUT2D eigenvalue weighted by molar-refractivity contribution is -0.140. The van der Waals surface area contributed by atoms with Gasteiger partial charge in [0.05, 0.1) is 23.8 Å². The molecule has 254 valence electrons. The van der Waals surface area contributed by atoms with Gasteiger partial charge < -0.3 is 14.2 Å². The molecule has 3 heterocycles. The van der Waals surface area contributed by atoms with E-state index in [0.29, 0.717) is 58.9 Å². The molecule has 2 atom stereocenters. The minimum atomic E-state index is -0.520. The lowest BCUT2D eigenvalue weighted by Gasteiger charge is -2.40. The first kappa shape index (κ1) is 35.1. The van der Waals surface area contributed by atoms with Crippen LogP contribution in [-0.2, 0) is 20.9 Å². The van der Waals surface area contributed by atoms with E-state index in [1.807, 2.05) is 22.9 Å². The van der Waals surface area contributed by atoms with Gasteiger partial charge in [0.1, 0.15) is 18.5 Å². The molecule has 0 spiro atoms.